The van der Waals surface area contributed by atoms with Gasteiger partial charge >= 0.3 is 0 Å². The molecule has 0 N–H and O–H groups in total. The Morgan fingerprint density at radius 1 is 1.42 bits per heavy atom. The molecule has 1 fully saturated rings. The normalized spacial score (nSPS) is 21.2. The number of nitrogens with zero attached hydrogens (tertiary/aromatic N) is 3. The number of hydrogen-bond acceptors (Lipinski definition) is 5. The third kappa shape index (κ3) is 2.24. The lowest BCUT2D eigenvalue weighted by Gasteiger charge is -2.16. The molecule has 5 nitrogen and oxygen atoms in total. The van der Waals surface area contributed by atoms with Gasteiger partial charge < -0.3 is 0 Å². The summed E-state index contributed by atoms with van der Waals surface area (Å²) >= 11 is 6.83. The summed E-state index contributed by atoms with van der Waals surface area (Å²) in [6.07, 6.45) is 0.814. The van der Waals surface area contributed by atoms with Crippen LogP contribution in [0.4, 0.5) is 0 Å². The molecule has 1 saturated heterocycles. The highest BCUT2D eigenvalue weighted by Crippen LogP contribution is 2.28. The van der Waals surface area contributed by atoms with Crippen LogP contribution in [0.5, 0.6) is 0 Å². The fraction of sp³-hybridized carbons (Fsp3) is 0.455. The molecule has 1 aliphatic rings. The van der Waals surface area contributed by atoms with E-state index in [0.717, 1.165) is 18.1 Å². The summed E-state index contributed by atoms with van der Waals surface area (Å²) in [4.78, 5) is 0.244. The second-order valence-corrected chi connectivity index (χ2v) is 7.30. The van der Waals surface area contributed by atoms with Crippen LogP contribution in [0.1, 0.15) is 6.42 Å². The lowest BCUT2D eigenvalue weighted by molar-refractivity contribution is 0.466. The lowest BCUT2D eigenvalue weighted by Crippen LogP contribution is -2.29. The Bertz CT molecular complexity index is 701. The van der Waals surface area contributed by atoms with Gasteiger partial charge in [-0.05, 0) is 24.5 Å². The standard InChI is InChI=1S/C11H12ClN3O2S2/c12-6-8-4-5-15(7-8)19(16,17)10-3-1-2-9-11(10)14-18-13-9/h1-3,8H,4-7H2. The molecule has 1 aromatic carbocycles. The van der Waals surface area contributed by atoms with Crippen molar-refractivity contribution in [3.63, 3.8) is 0 Å². The number of alkyl halides is 1. The molecular formula is C11H12ClN3O2S2. The molecule has 0 aliphatic carbocycles. The second kappa shape index (κ2) is 4.97. The van der Waals surface area contributed by atoms with Crippen molar-refractivity contribution in [2.75, 3.05) is 19.0 Å². The van der Waals surface area contributed by atoms with Gasteiger partial charge in [-0.3, -0.25) is 0 Å². The number of benzene rings is 1. The van der Waals surface area contributed by atoms with Gasteiger partial charge in [0.2, 0.25) is 10.0 Å². The van der Waals surface area contributed by atoms with E-state index in [1.165, 1.54) is 4.31 Å². The van der Waals surface area contributed by atoms with Gasteiger partial charge in [0.1, 0.15) is 15.9 Å². The van der Waals surface area contributed by atoms with Crippen LogP contribution in [0.25, 0.3) is 11.0 Å². The maximum absolute atomic E-state index is 12.6. The molecule has 3 rings (SSSR count). The van der Waals surface area contributed by atoms with E-state index in [1.807, 2.05) is 0 Å². The van der Waals surface area contributed by atoms with Crippen LogP contribution in [0.2, 0.25) is 0 Å². The minimum Gasteiger partial charge on any atom is -0.207 e. The van der Waals surface area contributed by atoms with Crippen molar-refractivity contribution in [3.05, 3.63) is 18.2 Å². The molecule has 0 saturated carbocycles. The van der Waals surface area contributed by atoms with Crippen LogP contribution < -0.4 is 0 Å². The Labute approximate surface area is 120 Å². The molecule has 0 amide bonds. The highest BCUT2D eigenvalue weighted by Gasteiger charge is 2.33. The van der Waals surface area contributed by atoms with E-state index in [2.05, 4.69) is 8.75 Å². The molecule has 8 heteroatoms. The van der Waals surface area contributed by atoms with E-state index in [4.69, 9.17) is 11.6 Å². The first kappa shape index (κ1) is 13.2. The summed E-state index contributed by atoms with van der Waals surface area (Å²) in [5.74, 6) is 0.735. The average Bonchev–Trinajstić information content (AvgIpc) is 3.06. The van der Waals surface area contributed by atoms with Crippen molar-refractivity contribution in [1.82, 2.24) is 13.1 Å². The van der Waals surface area contributed by atoms with Gasteiger partial charge in [-0.15, -0.1) is 11.6 Å². The summed E-state index contributed by atoms with van der Waals surface area (Å²) in [5, 5.41) is 0. The van der Waals surface area contributed by atoms with E-state index < -0.39 is 10.0 Å². The molecule has 1 atom stereocenters. The molecule has 0 spiro atoms. The fourth-order valence-electron chi connectivity index (χ4n) is 2.27. The third-order valence-electron chi connectivity index (χ3n) is 3.33. The zero-order chi connectivity index (χ0) is 13.5. The Hall–Kier alpha value is -0.760. The second-order valence-electron chi connectivity index (χ2n) is 4.56. The predicted molar refractivity (Wildman–Crippen MR) is 75.0 cm³/mol. The average molecular weight is 318 g/mol. The van der Waals surface area contributed by atoms with Crippen LogP contribution in [-0.4, -0.2) is 40.4 Å². The lowest BCUT2D eigenvalue weighted by atomic mass is 10.2. The van der Waals surface area contributed by atoms with Crippen molar-refractivity contribution in [1.29, 1.82) is 0 Å². The van der Waals surface area contributed by atoms with Gasteiger partial charge in [0, 0.05) is 19.0 Å². The van der Waals surface area contributed by atoms with Gasteiger partial charge in [0.25, 0.3) is 0 Å². The van der Waals surface area contributed by atoms with E-state index in [-0.39, 0.29) is 10.8 Å². The summed E-state index contributed by atoms with van der Waals surface area (Å²) < 4.78 is 34.9. The van der Waals surface area contributed by atoms with Gasteiger partial charge in [0.15, 0.2) is 0 Å². The topological polar surface area (TPSA) is 63.2 Å². The van der Waals surface area contributed by atoms with Crippen LogP contribution in [-0.2, 0) is 10.0 Å². The van der Waals surface area contributed by atoms with Crippen LogP contribution in [0.3, 0.4) is 0 Å². The minimum absolute atomic E-state index is 0.240. The first-order valence-electron chi connectivity index (χ1n) is 5.90. The van der Waals surface area contributed by atoms with Crippen molar-refractivity contribution in [2.45, 2.75) is 11.3 Å². The first-order valence-corrected chi connectivity index (χ1v) is 8.61. The fourth-order valence-corrected chi connectivity index (χ4v) is 4.81. The van der Waals surface area contributed by atoms with Gasteiger partial charge in [-0.1, -0.05) is 6.07 Å². The Balaban J connectivity index is 2.03. The number of sulfonamides is 1. The zero-order valence-electron chi connectivity index (χ0n) is 9.99. The Kier molecular flexibility index (Phi) is 3.46. The van der Waals surface area contributed by atoms with E-state index in [0.29, 0.717) is 30.0 Å². The zero-order valence-corrected chi connectivity index (χ0v) is 12.4. The maximum Gasteiger partial charge on any atom is 0.245 e. The van der Waals surface area contributed by atoms with Gasteiger partial charge in [-0.25, -0.2) is 8.42 Å². The van der Waals surface area contributed by atoms with Crippen LogP contribution >= 0.6 is 23.3 Å². The maximum atomic E-state index is 12.6. The predicted octanol–water partition coefficient (Wildman–Crippen LogP) is 1.94. The number of aromatic nitrogens is 2. The van der Waals surface area contributed by atoms with Gasteiger partial charge in [0.05, 0.1) is 11.7 Å². The van der Waals surface area contributed by atoms with Crippen LogP contribution in [0.15, 0.2) is 23.1 Å². The Morgan fingerprint density at radius 2 is 2.26 bits per heavy atom. The minimum atomic E-state index is -3.50. The van der Waals surface area contributed by atoms with Crippen molar-refractivity contribution in [2.24, 2.45) is 5.92 Å². The number of halogens is 1. The molecule has 0 bridgehead atoms. The SMILES string of the molecule is O=S(=O)(c1cccc2nsnc12)N1CCC(CCl)C1. The molecule has 102 valence electrons. The summed E-state index contributed by atoms with van der Waals surface area (Å²) in [6.45, 7) is 1.01. The third-order valence-corrected chi connectivity index (χ3v) is 6.21. The summed E-state index contributed by atoms with van der Waals surface area (Å²) in [5.41, 5.74) is 1.08. The monoisotopic (exact) mass is 317 g/mol. The number of rotatable bonds is 3. The first-order chi connectivity index (χ1) is 9.13. The van der Waals surface area contributed by atoms with Crippen molar-refractivity contribution >= 4 is 44.4 Å². The summed E-state index contributed by atoms with van der Waals surface area (Å²) in [6, 6.07) is 5.06. The molecule has 0 radical (unpaired) electrons. The molecule has 1 aromatic heterocycles. The largest absolute Gasteiger partial charge is 0.245 e. The van der Waals surface area contributed by atoms with Crippen molar-refractivity contribution < 1.29 is 8.42 Å². The molecule has 1 unspecified atom stereocenters. The molecule has 2 aromatic rings. The molecule has 1 aliphatic heterocycles. The van der Waals surface area contributed by atoms with Gasteiger partial charge in [-0.2, -0.15) is 13.1 Å². The van der Waals surface area contributed by atoms with E-state index in [1.54, 1.807) is 18.2 Å². The molecule has 2 heterocycles. The number of hydrogen-bond donors (Lipinski definition) is 0. The van der Waals surface area contributed by atoms with Crippen LogP contribution in [0, 0.1) is 5.92 Å². The molecule has 19 heavy (non-hydrogen) atoms. The highest BCUT2D eigenvalue weighted by molar-refractivity contribution is 7.89. The summed E-state index contributed by atoms with van der Waals surface area (Å²) in [7, 11) is -3.50. The quantitative estimate of drug-likeness (QED) is 0.812. The van der Waals surface area contributed by atoms with Crippen molar-refractivity contribution in [3.8, 4) is 0 Å². The highest BCUT2D eigenvalue weighted by atomic mass is 35.5. The Morgan fingerprint density at radius 3 is 3.00 bits per heavy atom. The smallest absolute Gasteiger partial charge is 0.207 e. The van der Waals surface area contributed by atoms with E-state index >= 15 is 0 Å². The van der Waals surface area contributed by atoms with E-state index in [9.17, 15) is 8.42 Å². The molecular weight excluding hydrogens is 306 g/mol. The number of fused-ring (bicyclic) bond motifs is 1.